The molecule has 1 atom stereocenters. The lowest BCUT2D eigenvalue weighted by Crippen LogP contribution is -2.53. The predicted molar refractivity (Wildman–Crippen MR) is 79.8 cm³/mol. The van der Waals surface area contributed by atoms with Crippen molar-refractivity contribution in [2.24, 2.45) is 0 Å². The molecular weight excluding hydrogens is 280 g/mol. The van der Waals surface area contributed by atoms with Crippen LogP contribution in [-0.4, -0.2) is 14.0 Å². The van der Waals surface area contributed by atoms with Crippen molar-refractivity contribution in [3.8, 4) is 0 Å². The maximum Gasteiger partial charge on any atom is 0.250 e. The summed E-state index contributed by atoms with van der Waals surface area (Å²) in [6, 6.07) is 9.17. The third-order valence-corrected chi connectivity index (χ3v) is 6.44. The molecule has 0 saturated carbocycles. The second kappa shape index (κ2) is 4.85. The topological polar surface area (TPSA) is 58.2 Å². The Labute approximate surface area is 118 Å². The zero-order valence-corrected chi connectivity index (χ0v) is 12.8. The summed E-state index contributed by atoms with van der Waals surface area (Å²) >= 11 is 1.25. The zero-order valence-electron chi connectivity index (χ0n) is 11.2. The highest BCUT2D eigenvalue weighted by Gasteiger charge is 2.48. The SMILES string of the molecule is CC(C)(C)NS(=O)(=O)C1(c2ccccc2)NC=CS1. The summed E-state index contributed by atoms with van der Waals surface area (Å²) in [5.41, 5.74) is 0.188. The van der Waals surface area contributed by atoms with Gasteiger partial charge in [-0.15, -0.1) is 0 Å². The fourth-order valence-corrected chi connectivity index (χ4v) is 5.04. The molecule has 0 fully saturated rings. The van der Waals surface area contributed by atoms with Crippen LogP contribution < -0.4 is 10.0 Å². The first kappa shape index (κ1) is 14.4. The minimum atomic E-state index is -3.59. The fraction of sp³-hybridized carbons (Fsp3) is 0.385. The van der Waals surface area contributed by atoms with Crippen LogP contribution in [0.4, 0.5) is 0 Å². The average Bonchev–Trinajstić information content (AvgIpc) is 2.77. The molecule has 0 aliphatic carbocycles. The van der Waals surface area contributed by atoms with Crippen molar-refractivity contribution >= 4 is 21.8 Å². The quantitative estimate of drug-likeness (QED) is 0.899. The van der Waals surface area contributed by atoms with Gasteiger partial charge in [0.15, 0.2) is 0 Å². The predicted octanol–water partition coefficient (Wildman–Crippen LogP) is 2.32. The molecule has 0 bridgehead atoms. The number of benzene rings is 1. The molecule has 4 nitrogen and oxygen atoms in total. The molecule has 6 heteroatoms. The van der Waals surface area contributed by atoms with Crippen LogP contribution in [0, 0.1) is 0 Å². The Kier molecular flexibility index (Phi) is 3.68. The molecule has 0 amide bonds. The molecule has 0 saturated heterocycles. The standard InChI is InChI=1S/C13H18N2O2S2/c1-12(2,3)15-19(16,17)13(14-9-10-18-13)11-7-5-4-6-8-11/h4-10,14-15H,1-3H3. The smallest absolute Gasteiger partial charge is 0.250 e. The van der Waals surface area contributed by atoms with E-state index >= 15 is 0 Å². The lowest BCUT2D eigenvalue weighted by Gasteiger charge is -2.33. The van der Waals surface area contributed by atoms with Gasteiger partial charge in [-0.1, -0.05) is 42.1 Å². The van der Waals surface area contributed by atoms with Crippen molar-refractivity contribution in [1.82, 2.24) is 10.0 Å². The fourth-order valence-electron chi connectivity index (χ4n) is 1.89. The summed E-state index contributed by atoms with van der Waals surface area (Å²) < 4.78 is 27.0. The monoisotopic (exact) mass is 298 g/mol. The highest BCUT2D eigenvalue weighted by molar-refractivity contribution is 8.15. The summed E-state index contributed by atoms with van der Waals surface area (Å²) in [5.74, 6) is 0. The molecule has 0 spiro atoms. The minimum absolute atomic E-state index is 0.522. The number of rotatable bonds is 3. The molecule has 0 aromatic heterocycles. The van der Waals surface area contributed by atoms with E-state index in [1.54, 1.807) is 11.6 Å². The summed E-state index contributed by atoms with van der Waals surface area (Å²) in [6.45, 7) is 5.49. The summed E-state index contributed by atoms with van der Waals surface area (Å²) in [6.07, 6.45) is 1.67. The maximum atomic E-state index is 12.7. The van der Waals surface area contributed by atoms with Gasteiger partial charge in [0.25, 0.3) is 10.0 Å². The van der Waals surface area contributed by atoms with E-state index in [2.05, 4.69) is 10.0 Å². The van der Waals surface area contributed by atoms with Crippen molar-refractivity contribution < 1.29 is 8.42 Å². The largest absolute Gasteiger partial charge is 0.359 e. The van der Waals surface area contributed by atoms with Crippen molar-refractivity contribution in [2.45, 2.75) is 30.5 Å². The van der Waals surface area contributed by atoms with Crippen LogP contribution in [0.5, 0.6) is 0 Å². The minimum Gasteiger partial charge on any atom is -0.359 e. The van der Waals surface area contributed by atoms with Gasteiger partial charge in [0.1, 0.15) is 0 Å². The summed E-state index contributed by atoms with van der Waals surface area (Å²) in [4.78, 5) is 0. The van der Waals surface area contributed by atoms with Crippen molar-refractivity contribution in [2.75, 3.05) is 0 Å². The molecule has 1 aromatic rings. The Hall–Kier alpha value is -0.980. The van der Waals surface area contributed by atoms with Crippen LogP contribution in [0.1, 0.15) is 26.3 Å². The molecule has 1 aromatic carbocycles. The van der Waals surface area contributed by atoms with Crippen LogP contribution in [0.3, 0.4) is 0 Å². The molecular formula is C13H18N2O2S2. The maximum absolute atomic E-state index is 12.7. The second-order valence-corrected chi connectivity index (χ2v) is 8.61. The number of thioether (sulfide) groups is 1. The summed E-state index contributed by atoms with van der Waals surface area (Å²) in [7, 11) is -3.59. The van der Waals surface area contributed by atoms with E-state index in [-0.39, 0.29) is 0 Å². The van der Waals surface area contributed by atoms with Gasteiger partial charge in [-0.2, -0.15) is 0 Å². The van der Waals surface area contributed by atoms with Crippen molar-refractivity contribution in [3.05, 3.63) is 47.5 Å². The van der Waals surface area contributed by atoms with E-state index in [9.17, 15) is 8.42 Å². The van der Waals surface area contributed by atoms with Crippen LogP contribution in [0.25, 0.3) is 0 Å². The van der Waals surface area contributed by atoms with E-state index in [1.165, 1.54) is 11.8 Å². The van der Waals surface area contributed by atoms with Gasteiger partial charge in [-0.3, -0.25) is 0 Å². The Morgan fingerprint density at radius 3 is 2.32 bits per heavy atom. The van der Waals surface area contributed by atoms with Gasteiger partial charge in [-0.05, 0) is 26.2 Å². The third kappa shape index (κ3) is 2.80. The van der Waals surface area contributed by atoms with Gasteiger partial charge < -0.3 is 5.32 Å². The zero-order chi connectivity index (χ0) is 14.1. The van der Waals surface area contributed by atoms with Crippen LogP contribution in [0.15, 0.2) is 41.9 Å². The first-order valence-electron chi connectivity index (χ1n) is 5.96. The molecule has 0 radical (unpaired) electrons. The number of nitrogens with one attached hydrogen (secondary N) is 2. The van der Waals surface area contributed by atoms with Crippen LogP contribution >= 0.6 is 11.8 Å². The van der Waals surface area contributed by atoms with E-state index in [0.717, 1.165) is 0 Å². The van der Waals surface area contributed by atoms with E-state index < -0.39 is 19.8 Å². The van der Waals surface area contributed by atoms with Gasteiger partial charge >= 0.3 is 0 Å². The van der Waals surface area contributed by atoms with Crippen molar-refractivity contribution in [1.29, 1.82) is 0 Å². The van der Waals surface area contributed by atoms with Crippen molar-refractivity contribution in [3.63, 3.8) is 0 Å². The van der Waals surface area contributed by atoms with Crippen LogP contribution in [0.2, 0.25) is 0 Å². The Bertz CT molecular complexity index is 566. The van der Waals surface area contributed by atoms with E-state index in [1.807, 2.05) is 51.1 Å². The third-order valence-electron chi connectivity index (χ3n) is 2.55. The Morgan fingerprint density at radius 1 is 1.21 bits per heavy atom. The van der Waals surface area contributed by atoms with Gasteiger partial charge in [-0.25, -0.2) is 13.1 Å². The number of sulfonamides is 1. The molecule has 2 rings (SSSR count). The highest BCUT2D eigenvalue weighted by Crippen LogP contribution is 2.43. The van der Waals surface area contributed by atoms with E-state index in [0.29, 0.717) is 5.56 Å². The molecule has 1 aliphatic heterocycles. The Morgan fingerprint density at radius 2 is 1.84 bits per heavy atom. The lowest BCUT2D eigenvalue weighted by atomic mass is 10.1. The number of hydrogen-bond donors (Lipinski definition) is 2. The molecule has 19 heavy (non-hydrogen) atoms. The van der Waals surface area contributed by atoms with Gasteiger partial charge in [0.05, 0.1) is 0 Å². The molecule has 1 aliphatic rings. The number of hydrogen-bond acceptors (Lipinski definition) is 4. The van der Waals surface area contributed by atoms with Gasteiger partial charge in [0, 0.05) is 17.3 Å². The highest BCUT2D eigenvalue weighted by atomic mass is 32.3. The lowest BCUT2D eigenvalue weighted by molar-refractivity contribution is 0.476. The first-order chi connectivity index (χ1) is 8.77. The van der Waals surface area contributed by atoms with Gasteiger partial charge in [0.2, 0.25) is 4.20 Å². The molecule has 104 valence electrons. The van der Waals surface area contributed by atoms with Crippen LogP contribution in [-0.2, 0) is 14.2 Å². The first-order valence-corrected chi connectivity index (χ1v) is 8.33. The molecule has 1 heterocycles. The second-order valence-electron chi connectivity index (χ2n) is 5.40. The molecule has 2 N–H and O–H groups in total. The normalized spacial score (nSPS) is 23.3. The molecule has 1 unspecified atom stereocenters. The summed E-state index contributed by atoms with van der Waals surface area (Å²) in [5, 5.41) is 4.74. The average molecular weight is 298 g/mol. The Balaban J connectivity index is 2.47. The van der Waals surface area contributed by atoms with E-state index in [4.69, 9.17) is 0 Å².